The van der Waals surface area contributed by atoms with Crippen molar-refractivity contribution in [2.24, 2.45) is 0 Å². The molecule has 13 aromatic rings. The zero-order valence-corrected chi connectivity index (χ0v) is 35.0. The molecule has 0 atom stereocenters. The number of anilines is 3. The lowest BCUT2D eigenvalue weighted by atomic mass is 9.96. The van der Waals surface area contributed by atoms with E-state index >= 15 is 0 Å². The molecule has 2 nitrogen and oxygen atoms in total. The Labute approximate surface area is 365 Å². The molecule has 0 saturated heterocycles. The molecule has 0 bridgehead atoms. The molecular weight excluding hydrogens is 791 g/mol. The van der Waals surface area contributed by atoms with E-state index in [2.05, 4.69) is 217 Å². The molecule has 0 aliphatic heterocycles. The monoisotopic (exact) mass is 825 g/mol. The van der Waals surface area contributed by atoms with Crippen molar-refractivity contribution in [3.63, 3.8) is 0 Å². The first-order valence-electron chi connectivity index (χ1n) is 21.0. The summed E-state index contributed by atoms with van der Waals surface area (Å²) >= 11 is 3.72. The summed E-state index contributed by atoms with van der Waals surface area (Å²) in [7, 11) is 0. The Morgan fingerprint density at radius 2 is 0.871 bits per heavy atom. The van der Waals surface area contributed by atoms with Gasteiger partial charge in [0.25, 0.3) is 0 Å². The third-order valence-corrected chi connectivity index (χ3v) is 14.9. The van der Waals surface area contributed by atoms with E-state index in [1.165, 1.54) is 62.6 Å². The highest BCUT2D eigenvalue weighted by atomic mass is 32.1. The summed E-state index contributed by atoms with van der Waals surface area (Å²) in [4.78, 5) is 2.46. The van der Waals surface area contributed by atoms with Gasteiger partial charge < -0.3 is 9.32 Å². The van der Waals surface area contributed by atoms with Gasteiger partial charge in [0, 0.05) is 63.1 Å². The third kappa shape index (κ3) is 5.47. The van der Waals surface area contributed by atoms with E-state index in [9.17, 15) is 0 Å². The van der Waals surface area contributed by atoms with Crippen molar-refractivity contribution < 1.29 is 4.42 Å². The fourth-order valence-corrected chi connectivity index (χ4v) is 12.0. The van der Waals surface area contributed by atoms with Gasteiger partial charge in [0.1, 0.15) is 5.58 Å². The van der Waals surface area contributed by atoms with E-state index in [1.807, 2.05) is 22.7 Å². The van der Waals surface area contributed by atoms with Crippen LogP contribution in [-0.2, 0) is 0 Å². The van der Waals surface area contributed by atoms with Crippen LogP contribution in [0.4, 0.5) is 17.1 Å². The molecule has 0 N–H and O–H groups in total. The Hall–Kier alpha value is -7.50. The van der Waals surface area contributed by atoms with Crippen molar-refractivity contribution in [1.82, 2.24) is 0 Å². The molecule has 0 radical (unpaired) electrons. The SMILES string of the molecule is c1ccc(-c2ccc(N(c3c(-c4ccc(-c5cccc6c5sc5ccccc56)cc4)ccc4c3oc3c5ccccc5ccc43)c3cccc4c3sc3ccccc34)cc2)cc1. The van der Waals surface area contributed by atoms with Crippen LogP contribution in [-0.4, -0.2) is 0 Å². The third-order valence-electron chi connectivity index (χ3n) is 12.5. The number of thiophene rings is 2. The lowest BCUT2D eigenvalue weighted by Crippen LogP contribution is -2.12. The smallest absolute Gasteiger partial charge is 0.160 e. The fraction of sp³-hybridized carbons (Fsp3) is 0. The largest absolute Gasteiger partial charge is 0.453 e. The first-order chi connectivity index (χ1) is 30.7. The normalized spacial score (nSPS) is 11.9. The summed E-state index contributed by atoms with van der Waals surface area (Å²) in [5.74, 6) is 0. The Morgan fingerprint density at radius 3 is 1.63 bits per heavy atom. The second kappa shape index (κ2) is 14.0. The highest BCUT2D eigenvalue weighted by Crippen LogP contribution is 2.52. The van der Waals surface area contributed by atoms with Gasteiger partial charge in [-0.05, 0) is 75.7 Å². The van der Waals surface area contributed by atoms with Gasteiger partial charge in [0.2, 0.25) is 0 Å². The van der Waals surface area contributed by atoms with E-state index < -0.39 is 0 Å². The van der Waals surface area contributed by atoms with E-state index in [0.717, 1.165) is 60.9 Å². The van der Waals surface area contributed by atoms with Crippen molar-refractivity contribution in [2.75, 3.05) is 4.90 Å². The predicted octanol–water partition coefficient (Wildman–Crippen LogP) is 17.9. The molecule has 0 spiro atoms. The molecule has 0 unspecified atom stereocenters. The molecule has 290 valence electrons. The second-order valence-corrected chi connectivity index (χ2v) is 18.1. The van der Waals surface area contributed by atoms with Crippen LogP contribution in [0.2, 0.25) is 0 Å². The first-order valence-corrected chi connectivity index (χ1v) is 22.6. The Balaban J connectivity index is 1.08. The van der Waals surface area contributed by atoms with Crippen LogP contribution in [0, 0.1) is 0 Å². The Morgan fingerprint density at radius 1 is 0.323 bits per heavy atom. The number of rotatable bonds is 6. The summed E-state index contributed by atoms with van der Waals surface area (Å²) in [5.41, 5.74) is 12.0. The van der Waals surface area contributed by atoms with Crippen molar-refractivity contribution in [1.29, 1.82) is 0 Å². The molecule has 4 heteroatoms. The van der Waals surface area contributed by atoms with Gasteiger partial charge in [0.15, 0.2) is 5.58 Å². The van der Waals surface area contributed by atoms with Crippen molar-refractivity contribution in [3.05, 3.63) is 212 Å². The standard InChI is InChI=1S/C58H35NOS2/c1-2-12-36(13-3-1)37-28-31-41(32-29-37)59(51-21-11-20-50-46-17-7-9-23-53(46)62-58(50)51)54-42(34-35-48-47-33-30-38-14-4-5-15-43(38)55(47)60-56(48)54)39-24-26-40(27-25-39)44-18-10-19-49-45-16-6-8-22-52(45)61-57(44)49/h1-35H. The number of furan rings is 1. The molecule has 13 rings (SSSR count). The maximum absolute atomic E-state index is 7.28. The van der Waals surface area contributed by atoms with E-state index in [1.54, 1.807) is 0 Å². The summed E-state index contributed by atoms with van der Waals surface area (Å²) in [6.07, 6.45) is 0. The van der Waals surface area contributed by atoms with Crippen LogP contribution in [0.3, 0.4) is 0 Å². The quantitative estimate of drug-likeness (QED) is 0.166. The van der Waals surface area contributed by atoms with Crippen LogP contribution in [0.1, 0.15) is 0 Å². The van der Waals surface area contributed by atoms with E-state index in [4.69, 9.17) is 4.42 Å². The Kier molecular flexibility index (Phi) is 7.99. The van der Waals surface area contributed by atoms with E-state index in [-0.39, 0.29) is 0 Å². The van der Waals surface area contributed by atoms with Gasteiger partial charge in [-0.1, -0.05) is 170 Å². The lowest BCUT2D eigenvalue weighted by molar-refractivity contribution is 0.673. The van der Waals surface area contributed by atoms with Crippen LogP contribution >= 0.6 is 22.7 Å². The number of hydrogen-bond acceptors (Lipinski definition) is 4. The maximum atomic E-state index is 7.28. The molecule has 0 aliphatic rings. The molecule has 3 aromatic heterocycles. The minimum absolute atomic E-state index is 0.859. The topological polar surface area (TPSA) is 16.4 Å². The minimum Gasteiger partial charge on any atom is -0.453 e. The molecule has 3 heterocycles. The molecule has 10 aromatic carbocycles. The highest BCUT2D eigenvalue weighted by molar-refractivity contribution is 7.26. The summed E-state index contributed by atoms with van der Waals surface area (Å²) in [6.45, 7) is 0. The average molecular weight is 826 g/mol. The molecule has 0 amide bonds. The minimum atomic E-state index is 0.859. The number of hydrogen-bond donors (Lipinski definition) is 0. The van der Waals surface area contributed by atoms with Crippen LogP contribution < -0.4 is 4.90 Å². The lowest BCUT2D eigenvalue weighted by Gasteiger charge is -2.28. The first kappa shape index (κ1) is 35.3. The zero-order valence-electron chi connectivity index (χ0n) is 33.4. The van der Waals surface area contributed by atoms with Gasteiger partial charge in [-0.15, -0.1) is 22.7 Å². The summed E-state index contributed by atoms with van der Waals surface area (Å²) in [6, 6.07) is 77.3. The predicted molar refractivity (Wildman–Crippen MR) is 268 cm³/mol. The maximum Gasteiger partial charge on any atom is 0.160 e. The van der Waals surface area contributed by atoms with Gasteiger partial charge in [-0.25, -0.2) is 0 Å². The highest BCUT2D eigenvalue weighted by Gasteiger charge is 2.27. The zero-order chi connectivity index (χ0) is 40.7. The van der Waals surface area contributed by atoms with Crippen LogP contribution in [0.15, 0.2) is 217 Å². The van der Waals surface area contributed by atoms with Gasteiger partial charge in [0.05, 0.1) is 16.1 Å². The Bertz CT molecular complexity index is 3860. The summed E-state index contributed by atoms with van der Waals surface area (Å²) < 4.78 is 12.4. The van der Waals surface area contributed by atoms with Crippen molar-refractivity contribution >= 4 is 113 Å². The van der Waals surface area contributed by atoms with Crippen LogP contribution in [0.25, 0.3) is 106 Å². The molecule has 0 aliphatic carbocycles. The second-order valence-electron chi connectivity index (χ2n) is 16.0. The molecule has 0 saturated carbocycles. The van der Waals surface area contributed by atoms with Gasteiger partial charge in [-0.2, -0.15) is 0 Å². The number of benzene rings is 10. The number of nitrogens with zero attached hydrogens (tertiary/aromatic N) is 1. The summed E-state index contributed by atoms with van der Waals surface area (Å²) in [5, 5.41) is 9.61. The molecule has 62 heavy (non-hydrogen) atoms. The van der Waals surface area contributed by atoms with Gasteiger partial charge >= 0.3 is 0 Å². The fourth-order valence-electron chi connectivity index (χ4n) is 9.54. The van der Waals surface area contributed by atoms with Crippen LogP contribution in [0.5, 0.6) is 0 Å². The molecule has 0 fully saturated rings. The average Bonchev–Trinajstić information content (AvgIpc) is 4.04. The van der Waals surface area contributed by atoms with Gasteiger partial charge in [-0.3, -0.25) is 0 Å². The van der Waals surface area contributed by atoms with Crippen molar-refractivity contribution in [3.8, 4) is 33.4 Å². The van der Waals surface area contributed by atoms with E-state index in [0.29, 0.717) is 0 Å². The van der Waals surface area contributed by atoms with Crippen molar-refractivity contribution in [2.45, 2.75) is 0 Å². The molecular formula is C58H35NOS2. The number of fused-ring (bicyclic) bond motifs is 11.